The lowest BCUT2D eigenvalue weighted by Crippen LogP contribution is -2.14. The maximum atomic E-state index is 12.9. The third kappa shape index (κ3) is 5.62. The third-order valence-corrected chi connectivity index (χ3v) is 7.22. The highest BCUT2D eigenvalue weighted by atomic mass is 32.2. The van der Waals surface area contributed by atoms with Crippen molar-refractivity contribution in [3.63, 3.8) is 0 Å². The number of thioether (sulfide) groups is 1. The number of nitrogens with zero attached hydrogens (tertiary/aromatic N) is 2. The number of nitrogen functional groups attached to an aromatic ring is 1. The zero-order chi connectivity index (χ0) is 22.6. The second kappa shape index (κ2) is 9.49. The molecule has 0 atom stereocenters. The van der Waals surface area contributed by atoms with Crippen molar-refractivity contribution in [3.05, 3.63) is 65.9 Å². The van der Waals surface area contributed by atoms with Crippen molar-refractivity contribution < 1.29 is 13.2 Å². The molecule has 3 aromatic rings. The summed E-state index contributed by atoms with van der Waals surface area (Å²) >= 11 is 1.08. The normalized spacial score (nSPS) is 11.5. The van der Waals surface area contributed by atoms with Gasteiger partial charge in [-0.2, -0.15) is 0 Å². The average molecular weight is 457 g/mol. The molecule has 0 aliphatic rings. The number of carbonyl (C=O) groups excluding carboxylic acids is 1. The number of amides is 1. The summed E-state index contributed by atoms with van der Waals surface area (Å²) in [4.78, 5) is 20.3. The third-order valence-electron chi connectivity index (χ3n) is 4.58. The molecule has 1 aromatic heterocycles. The highest BCUT2D eigenvalue weighted by molar-refractivity contribution is 7.99. The Morgan fingerprint density at radius 2 is 1.74 bits per heavy atom. The van der Waals surface area contributed by atoms with Crippen LogP contribution < -0.4 is 11.1 Å². The fourth-order valence-electron chi connectivity index (χ4n) is 2.77. The van der Waals surface area contributed by atoms with Crippen molar-refractivity contribution in [1.29, 1.82) is 0 Å². The summed E-state index contributed by atoms with van der Waals surface area (Å²) in [6, 6.07) is 14.1. The first kappa shape index (κ1) is 22.8. The number of nitrogens with two attached hydrogens (primary N) is 1. The predicted octanol–water partition coefficient (Wildman–Crippen LogP) is 4.05. The summed E-state index contributed by atoms with van der Waals surface area (Å²) in [5, 5.41) is 3.01. The molecule has 3 N–H and O–H groups in total. The monoisotopic (exact) mass is 456 g/mol. The number of aryl methyl sites for hydroxylation is 1. The minimum Gasteiger partial charge on any atom is -0.382 e. The van der Waals surface area contributed by atoms with Gasteiger partial charge in [0.15, 0.2) is 5.16 Å². The number of aromatic nitrogens is 2. The van der Waals surface area contributed by atoms with Gasteiger partial charge in [0.05, 0.1) is 16.8 Å². The highest BCUT2D eigenvalue weighted by Gasteiger charge is 2.23. The van der Waals surface area contributed by atoms with E-state index in [0.29, 0.717) is 11.6 Å². The predicted molar refractivity (Wildman–Crippen MR) is 123 cm³/mol. The largest absolute Gasteiger partial charge is 0.382 e. The van der Waals surface area contributed by atoms with Gasteiger partial charge in [-0.3, -0.25) is 4.79 Å². The van der Waals surface area contributed by atoms with Gasteiger partial charge < -0.3 is 11.1 Å². The Kier molecular flexibility index (Phi) is 6.97. The summed E-state index contributed by atoms with van der Waals surface area (Å²) in [5.74, 6) is -0.0113. The van der Waals surface area contributed by atoms with Crippen LogP contribution in [0.1, 0.15) is 30.9 Å². The quantitative estimate of drug-likeness (QED) is 0.407. The van der Waals surface area contributed by atoms with E-state index in [1.165, 1.54) is 6.20 Å². The van der Waals surface area contributed by atoms with Gasteiger partial charge in [0.25, 0.3) is 0 Å². The van der Waals surface area contributed by atoms with Crippen LogP contribution in [0.2, 0.25) is 0 Å². The summed E-state index contributed by atoms with van der Waals surface area (Å²) in [6.45, 7) is 6.04. The first-order valence-electron chi connectivity index (χ1n) is 9.63. The molecule has 0 saturated carbocycles. The minimum atomic E-state index is -3.84. The van der Waals surface area contributed by atoms with Crippen LogP contribution in [0.3, 0.4) is 0 Å². The fourth-order valence-corrected chi connectivity index (χ4v) is 4.65. The molecule has 31 heavy (non-hydrogen) atoms. The molecule has 162 valence electrons. The summed E-state index contributed by atoms with van der Waals surface area (Å²) < 4.78 is 25.8. The number of carbonyl (C=O) groups is 1. The van der Waals surface area contributed by atoms with Crippen molar-refractivity contribution in [2.24, 2.45) is 0 Å². The number of sulfone groups is 1. The SMILES string of the molecule is Cc1ccc(NC(=O)CSc2ncc(S(=O)(=O)c3ccc(C(C)C)cc3)c(N)n2)cc1. The molecule has 3 rings (SSSR count). The molecular weight excluding hydrogens is 432 g/mol. The van der Waals surface area contributed by atoms with Crippen molar-refractivity contribution in [2.45, 2.75) is 41.6 Å². The van der Waals surface area contributed by atoms with Crippen LogP contribution in [0.4, 0.5) is 11.5 Å². The van der Waals surface area contributed by atoms with Gasteiger partial charge in [-0.05, 0) is 42.7 Å². The smallest absolute Gasteiger partial charge is 0.234 e. The number of hydrogen-bond donors (Lipinski definition) is 2. The van der Waals surface area contributed by atoms with Gasteiger partial charge in [-0.1, -0.05) is 55.4 Å². The average Bonchev–Trinajstić information content (AvgIpc) is 2.74. The van der Waals surface area contributed by atoms with E-state index in [1.807, 2.05) is 45.0 Å². The Labute approximate surface area is 186 Å². The zero-order valence-corrected chi connectivity index (χ0v) is 19.1. The van der Waals surface area contributed by atoms with Crippen LogP contribution in [0.15, 0.2) is 69.7 Å². The van der Waals surface area contributed by atoms with Crippen LogP contribution in [-0.2, 0) is 14.6 Å². The maximum absolute atomic E-state index is 12.9. The molecule has 0 spiro atoms. The molecule has 0 fully saturated rings. The Morgan fingerprint density at radius 3 is 2.32 bits per heavy atom. The minimum absolute atomic E-state index is 0.0656. The molecule has 1 amide bonds. The maximum Gasteiger partial charge on any atom is 0.234 e. The van der Waals surface area contributed by atoms with Crippen molar-refractivity contribution >= 4 is 39.0 Å². The van der Waals surface area contributed by atoms with Crippen LogP contribution in [-0.4, -0.2) is 30.0 Å². The van der Waals surface area contributed by atoms with Crippen molar-refractivity contribution in [3.8, 4) is 0 Å². The highest BCUT2D eigenvalue weighted by Crippen LogP contribution is 2.27. The van der Waals surface area contributed by atoms with E-state index in [4.69, 9.17) is 5.73 Å². The topological polar surface area (TPSA) is 115 Å². The Morgan fingerprint density at radius 1 is 1.10 bits per heavy atom. The first-order chi connectivity index (χ1) is 14.7. The summed E-state index contributed by atoms with van der Waals surface area (Å²) in [7, 11) is -3.84. The fraction of sp³-hybridized carbons (Fsp3) is 0.227. The Hall–Kier alpha value is -2.91. The number of benzene rings is 2. The second-order valence-corrected chi connectivity index (χ2v) is 10.2. The van der Waals surface area contributed by atoms with Gasteiger partial charge in [-0.15, -0.1) is 0 Å². The van der Waals surface area contributed by atoms with E-state index in [0.717, 1.165) is 22.9 Å². The van der Waals surface area contributed by atoms with Gasteiger partial charge >= 0.3 is 0 Å². The van der Waals surface area contributed by atoms with Crippen LogP contribution in [0.5, 0.6) is 0 Å². The number of hydrogen-bond acceptors (Lipinski definition) is 7. The second-order valence-electron chi connectivity index (χ2n) is 7.33. The van der Waals surface area contributed by atoms with E-state index in [-0.39, 0.29) is 32.4 Å². The molecule has 9 heteroatoms. The Bertz CT molecular complexity index is 1180. The molecule has 2 aromatic carbocycles. The molecular formula is C22H24N4O3S2. The summed E-state index contributed by atoms with van der Waals surface area (Å²) in [6.07, 6.45) is 1.19. The van der Waals surface area contributed by atoms with Gasteiger partial charge in [0.1, 0.15) is 10.7 Å². The molecule has 0 unspecified atom stereocenters. The van der Waals surface area contributed by atoms with Gasteiger partial charge in [0.2, 0.25) is 15.7 Å². The van der Waals surface area contributed by atoms with E-state index in [2.05, 4.69) is 15.3 Å². The lowest BCUT2D eigenvalue weighted by atomic mass is 10.0. The molecule has 0 radical (unpaired) electrons. The lowest BCUT2D eigenvalue weighted by molar-refractivity contribution is -0.113. The molecule has 0 aliphatic carbocycles. The van der Waals surface area contributed by atoms with E-state index in [9.17, 15) is 13.2 Å². The molecule has 0 aliphatic heterocycles. The number of nitrogens with one attached hydrogen (secondary N) is 1. The van der Waals surface area contributed by atoms with E-state index in [1.54, 1.807) is 24.3 Å². The van der Waals surface area contributed by atoms with Crippen LogP contribution in [0, 0.1) is 6.92 Å². The lowest BCUT2D eigenvalue weighted by Gasteiger charge is -2.10. The van der Waals surface area contributed by atoms with Gasteiger partial charge in [0, 0.05) is 5.69 Å². The zero-order valence-electron chi connectivity index (χ0n) is 17.5. The van der Waals surface area contributed by atoms with Crippen molar-refractivity contribution in [2.75, 3.05) is 16.8 Å². The molecule has 0 saturated heterocycles. The van der Waals surface area contributed by atoms with Crippen molar-refractivity contribution in [1.82, 2.24) is 9.97 Å². The first-order valence-corrected chi connectivity index (χ1v) is 12.1. The number of anilines is 2. The summed E-state index contributed by atoms with van der Waals surface area (Å²) in [5.41, 5.74) is 8.76. The van der Waals surface area contributed by atoms with Crippen LogP contribution >= 0.6 is 11.8 Å². The van der Waals surface area contributed by atoms with E-state index >= 15 is 0 Å². The molecule has 0 bridgehead atoms. The standard InChI is InChI=1S/C22H24N4O3S2/c1-14(2)16-6-10-18(11-7-16)31(28,29)19-12-24-22(26-21(19)23)30-13-20(27)25-17-8-4-15(3)5-9-17/h4-12,14H,13H2,1-3H3,(H,25,27)(H2,23,24,26). The Balaban J connectivity index is 1.69. The van der Waals surface area contributed by atoms with E-state index < -0.39 is 9.84 Å². The molecule has 1 heterocycles. The van der Waals surface area contributed by atoms with Crippen LogP contribution in [0.25, 0.3) is 0 Å². The molecule has 7 nitrogen and oxygen atoms in total. The number of rotatable bonds is 7. The van der Waals surface area contributed by atoms with Gasteiger partial charge in [-0.25, -0.2) is 18.4 Å².